The van der Waals surface area contributed by atoms with Gasteiger partial charge >= 0.3 is 0 Å². The van der Waals surface area contributed by atoms with Crippen molar-refractivity contribution in [2.75, 3.05) is 6.54 Å². The van der Waals surface area contributed by atoms with Crippen molar-refractivity contribution in [1.82, 2.24) is 10.6 Å². The van der Waals surface area contributed by atoms with Crippen LogP contribution in [0.25, 0.3) is 0 Å². The van der Waals surface area contributed by atoms with Crippen LogP contribution in [-0.4, -0.2) is 24.0 Å². The first kappa shape index (κ1) is 13.1. The van der Waals surface area contributed by atoms with Crippen LogP contribution in [0.1, 0.15) is 64.2 Å². The molecule has 0 aromatic carbocycles. The molecule has 4 atom stereocenters. The molecule has 20 heavy (non-hydrogen) atoms. The highest BCUT2D eigenvalue weighted by Crippen LogP contribution is 2.49. The molecule has 4 unspecified atom stereocenters. The summed E-state index contributed by atoms with van der Waals surface area (Å²) in [7, 11) is 0. The van der Waals surface area contributed by atoms with Crippen LogP contribution in [0.4, 0.5) is 0 Å². The summed E-state index contributed by atoms with van der Waals surface area (Å²) in [5.74, 6) is 2.86. The van der Waals surface area contributed by atoms with E-state index in [-0.39, 0.29) is 0 Å². The third kappa shape index (κ3) is 2.38. The van der Waals surface area contributed by atoms with Gasteiger partial charge in [0.05, 0.1) is 0 Å². The summed E-state index contributed by atoms with van der Waals surface area (Å²) in [5, 5.41) is 7.03. The third-order valence-electron chi connectivity index (χ3n) is 6.64. The Balaban J connectivity index is 1.27. The summed E-state index contributed by atoms with van der Waals surface area (Å²) in [4.78, 5) is 12.3. The Labute approximate surface area is 122 Å². The SMILES string of the molecule is O=C(CC1CC2CCC1C2)NC1CCNC2(CCC2)C1. The highest BCUT2D eigenvalue weighted by molar-refractivity contribution is 5.76. The van der Waals surface area contributed by atoms with Crippen molar-refractivity contribution in [2.24, 2.45) is 17.8 Å². The van der Waals surface area contributed by atoms with Gasteiger partial charge in [-0.2, -0.15) is 0 Å². The van der Waals surface area contributed by atoms with Crippen LogP contribution >= 0.6 is 0 Å². The van der Waals surface area contributed by atoms with Crippen LogP contribution in [0.3, 0.4) is 0 Å². The largest absolute Gasteiger partial charge is 0.353 e. The van der Waals surface area contributed by atoms with Gasteiger partial charge in [-0.3, -0.25) is 4.79 Å². The predicted molar refractivity (Wildman–Crippen MR) is 79.3 cm³/mol. The molecular weight excluding hydrogens is 248 g/mol. The van der Waals surface area contributed by atoms with E-state index >= 15 is 0 Å². The van der Waals surface area contributed by atoms with Crippen LogP contribution in [0.2, 0.25) is 0 Å². The maximum atomic E-state index is 12.3. The summed E-state index contributed by atoms with van der Waals surface area (Å²) < 4.78 is 0. The van der Waals surface area contributed by atoms with Crippen molar-refractivity contribution in [3.63, 3.8) is 0 Å². The molecular formula is C17H28N2O. The number of carbonyl (C=O) groups is 1. The van der Waals surface area contributed by atoms with Gasteiger partial charge in [-0.25, -0.2) is 0 Å². The molecule has 4 fully saturated rings. The highest BCUT2D eigenvalue weighted by Gasteiger charge is 2.42. The van der Waals surface area contributed by atoms with Gasteiger partial charge in [0, 0.05) is 18.0 Å². The summed E-state index contributed by atoms with van der Waals surface area (Å²) in [6.45, 7) is 1.08. The Hall–Kier alpha value is -0.570. The monoisotopic (exact) mass is 276 g/mol. The van der Waals surface area contributed by atoms with Crippen LogP contribution < -0.4 is 10.6 Å². The highest BCUT2D eigenvalue weighted by atomic mass is 16.1. The van der Waals surface area contributed by atoms with E-state index < -0.39 is 0 Å². The quantitative estimate of drug-likeness (QED) is 0.832. The van der Waals surface area contributed by atoms with E-state index in [4.69, 9.17) is 0 Å². The maximum absolute atomic E-state index is 12.3. The number of rotatable bonds is 3. The smallest absolute Gasteiger partial charge is 0.220 e. The zero-order valence-electron chi connectivity index (χ0n) is 12.5. The fraction of sp³-hybridized carbons (Fsp3) is 0.941. The van der Waals surface area contributed by atoms with Crippen molar-refractivity contribution in [3.05, 3.63) is 0 Å². The van der Waals surface area contributed by atoms with Gasteiger partial charge in [0.1, 0.15) is 0 Å². The summed E-state index contributed by atoms with van der Waals surface area (Å²) >= 11 is 0. The fourth-order valence-corrected chi connectivity index (χ4v) is 5.42. The summed E-state index contributed by atoms with van der Waals surface area (Å²) in [6, 6.07) is 0.433. The van der Waals surface area contributed by atoms with Crippen molar-refractivity contribution in [3.8, 4) is 0 Å². The summed E-state index contributed by atoms with van der Waals surface area (Å²) in [5.41, 5.74) is 0.391. The molecule has 0 aromatic heterocycles. The lowest BCUT2D eigenvalue weighted by Crippen LogP contribution is -2.59. The van der Waals surface area contributed by atoms with E-state index in [0.717, 1.165) is 37.6 Å². The van der Waals surface area contributed by atoms with Gasteiger partial charge < -0.3 is 10.6 Å². The molecule has 3 heteroatoms. The number of carbonyl (C=O) groups excluding carboxylic acids is 1. The first-order valence-electron chi connectivity index (χ1n) is 8.77. The van der Waals surface area contributed by atoms with Gasteiger partial charge in [0.25, 0.3) is 0 Å². The molecule has 0 aromatic rings. The Bertz CT molecular complexity index is 390. The average molecular weight is 276 g/mol. The second kappa shape index (κ2) is 5.01. The third-order valence-corrected chi connectivity index (χ3v) is 6.64. The van der Waals surface area contributed by atoms with Crippen LogP contribution in [0.5, 0.6) is 0 Å². The van der Waals surface area contributed by atoms with Crippen molar-refractivity contribution in [1.29, 1.82) is 0 Å². The first-order valence-corrected chi connectivity index (χ1v) is 8.77. The topological polar surface area (TPSA) is 41.1 Å². The minimum atomic E-state index is 0.337. The number of hydrogen-bond acceptors (Lipinski definition) is 2. The van der Waals surface area contributed by atoms with Gasteiger partial charge in [-0.1, -0.05) is 6.42 Å². The van der Waals surface area contributed by atoms with Gasteiger partial charge in [0.15, 0.2) is 0 Å². The zero-order chi connectivity index (χ0) is 13.6. The number of amides is 1. The number of hydrogen-bond donors (Lipinski definition) is 2. The number of piperidine rings is 1. The van der Waals surface area contributed by atoms with Gasteiger partial charge in [-0.05, 0) is 75.7 Å². The Morgan fingerprint density at radius 3 is 2.75 bits per heavy atom. The molecule has 0 radical (unpaired) electrons. The minimum absolute atomic E-state index is 0.337. The van der Waals surface area contributed by atoms with Crippen LogP contribution in [-0.2, 0) is 4.79 Å². The second-order valence-corrected chi connectivity index (χ2v) is 7.96. The standard InChI is InChI=1S/C17H28N2O/c20-16(10-14-9-12-2-3-13(14)8-12)19-15-4-7-18-17(11-15)5-1-6-17/h12-15,18H,1-11H2,(H,19,20). The molecule has 112 valence electrons. The van der Waals surface area contributed by atoms with E-state index in [1.54, 1.807) is 0 Å². The van der Waals surface area contributed by atoms with Crippen LogP contribution in [0.15, 0.2) is 0 Å². The van der Waals surface area contributed by atoms with Crippen molar-refractivity contribution >= 4 is 5.91 Å². The molecule has 1 spiro atoms. The first-order chi connectivity index (χ1) is 9.72. The van der Waals surface area contributed by atoms with E-state index in [2.05, 4.69) is 10.6 Å². The minimum Gasteiger partial charge on any atom is -0.353 e. The molecule has 1 amide bonds. The molecule has 1 heterocycles. The lowest BCUT2D eigenvalue weighted by Gasteiger charge is -2.48. The maximum Gasteiger partial charge on any atom is 0.220 e. The molecule has 2 N–H and O–H groups in total. The molecule has 3 nitrogen and oxygen atoms in total. The van der Waals surface area contributed by atoms with E-state index in [1.165, 1.54) is 44.9 Å². The lowest BCUT2D eigenvalue weighted by atomic mass is 9.70. The average Bonchev–Trinajstić information content (AvgIpc) is 2.99. The molecule has 4 aliphatic rings. The fourth-order valence-electron chi connectivity index (χ4n) is 5.42. The molecule has 4 rings (SSSR count). The Kier molecular flexibility index (Phi) is 3.29. The predicted octanol–water partition coefficient (Wildman–Crippen LogP) is 2.60. The molecule has 3 aliphatic carbocycles. The van der Waals surface area contributed by atoms with Crippen molar-refractivity contribution in [2.45, 2.75) is 75.8 Å². The van der Waals surface area contributed by atoms with Crippen LogP contribution in [0, 0.1) is 17.8 Å². The lowest BCUT2D eigenvalue weighted by molar-refractivity contribution is -0.123. The zero-order valence-corrected chi connectivity index (χ0v) is 12.5. The Morgan fingerprint density at radius 1 is 1.20 bits per heavy atom. The van der Waals surface area contributed by atoms with Gasteiger partial charge in [-0.15, -0.1) is 0 Å². The Morgan fingerprint density at radius 2 is 2.10 bits per heavy atom. The molecule has 1 aliphatic heterocycles. The van der Waals surface area contributed by atoms with Crippen molar-refractivity contribution < 1.29 is 4.79 Å². The molecule has 3 saturated carbocycles. The van der Waals surface area contributed by atoms with E-state index in [0.29, 0.717) is 23.4 Å². The van der Waals surface area contributed by atoms with E-state index in [9.17, 15) is 4.79 Å². The normalized spacial score (nSPS) is 41.6. The van der Waals surface area contributed by atoms with E-state index in [1.807, 2.05) is 0 Å². The van der Waals surface area contributed by atoms with Gasteiger partial charge in [0.2, 0.25) is 5.91 Å². The molecule has 1 saturated heterocycles. The summed E-state index contributed by atoms with van der Waals surface area (Å²) in [6.07, 6.45) is 12.6. The number of nitrogens with one attached hydrogen (secondary N) is 2. The number of fused-ring (bicyclic) bond motifs is 2. The molecule has 2 bridgehead atoms. The second-order valence-electron chi connectivity index (χ2n) is 7.96.